The maximum atomic E-state index is 14.0. The molecule has 10 nitrogen and oxygen atoms in total. The van der Waals surface area contributed by atoms with Gasteiger partial charge in [0, 0.05) is 12.6 Å². The minimum atomic E-state index is -3.33. The van der Waals surface area contributed by atoms with E-state index in [4.69, 9.17) is 9.57 Å². The Morgan fingerprint density at radius 1 is 1.33 bits per heavy atom. The highest BCUT2D eigenvalue weighted by atomic mass is 32.2. The molecule has 176 valence electrons. The quantitative estimate of drug-likeness (QED) is 0.480. The van der Waals surface area contributed by atoms with E-state index in [-0.39, 0.29) is 12.3 Å². The number of nitrogens with one attached hydrogen (secondary N) is 2. The smallest absolute Gasteiger partial charge is 0.285 e. The third-order valence-corrected chi connectivity index (χ3v) is 7.66. The highest BCUT2D eigenvalue weighted by Crippen LogP contribution is 2.37. The van der Waals surface area contributed by atoms with Gasteiger partial charge in [0.1, 0.15) is 34.6 Å². The van der Waals surface area contributed by atoms with Crippen molar-refractivity contribution in [2.75, 3.05) is 31.8 Å². The van der Waals surface area contributed by atoms with Crippen LogP contribution in [-0.4, -0.2) is 61.2 Å². The van der Waals surface area contributed by atoms with Crippen LogP contribution in [0.3, 0.4) is 0 Å². The SMILES string of the molecule is CONC(=O)c1sc2ncnc(Nc3ccc(F)cc3OC3CCN(S(C)(=O)=O)C3)c2c1C. The second-order valence-corrected chi connectivity index (χ2v) is 10.5. The van der Waals surface area contributed by atoms with Gasteiger partial charge in [0.15, 0.2) is 0 Å². The summed E-state index contributed by atoms with van der Waals surface area (Å²) in [5.74, 6) is -0.240. The van der Waals surface area contributed by atoms with Crippen molar-refractivity contribution < 1.29 is 27.2 Å². The van der Waals surface area contributed by atoms with E-state index in [1.54, 1.807) is 6.92 Å². The fourth-order valence-corrected chi connectivity index (χ4v) is 5.53. The molecule has 1 atom stereocenters. The molecule has 2 aromatic heterocycles. The summed E-state index contributed by atoms with van der Waals surface area (Å²) < 4.78 is 44.9. The number of aromatic nitrogens is 2. The summed E-state index contributed by atoms with van der Waals surface area (Å²) >= 11 is 1.20. The van der Waals surface area contributed by atoms with Crippen LogP contribution in [0.5, 0.6) is 5.75 Å². The molecule has 2 N–H and O–H groups in total. The van der Waals surface area contributed by atoms with Crippen LogP contribution in [0.4, 0.5) is 15.9 Å². The number of amides is 1. The number of benzene rings is 1. The molecule has 1 amide bonds. The normalized spacial score (nSPS) is 16.8. The van der Waals surface area contributed by atoms with Gasteiger partial charge in [-0.3, -0.25) is 9.63 Å². The Hall–Kier alpha value is -2.87. The zero-order chi connectivity index (χ0) is 23.8. The van der Waals surface area contributed by atoms with E-state index >= 15 is 0 Å². The molecule has 1 saturated heterocycles. The summed E-state index contributed by atoms with van der Waals surface area (Å²) in [5, 5.41) is 3.79. The number of fused-ring (bicyclic) bond motifs is 1. The molecule has 33 heavy (non-hydrogen) atoms. The molecule has 0 spiro atoms. The van der Waals surface area contributed by atoms with Gasteiger partial charge in [-0.15, -0.1) is 11.3 Å². The molecule has 0 saturated carbocycles. The third-order valence-electron chi connectivity index (χ3n) is 5.19. The third kappa shape index (κ3) is 4.90. The van der Waals surface area contributed by atoms with Crippen LogP contribution in [0.2, 0.25) is 0 Å². The molecule has 1 fully saturated rings. The van der Waals surface area contributed by atoms with E-state index in [2.05, 4.69) is 20.8 Å². The molecule has 3 heterocycles. The number of anilines is 2. The van der Waals surface area contributed by atoms with Crippen molar-refractivity contribution in [2.24, 2.45) is 0 Å². The summed E-state index contributed by atoms with van der Waals surface area (Å²) in [6, 6.07) is 4.03. The predicted octanol–water partition coefficient (Wildman–Crippen LogP) is 2.59. The highest BCUT2D eigenvalue weighted by molar-refractivity contribution is 7.88. The minimum Gasteiger partial charge on any atom is -0.487 e. The zero-order valence-electron chi connectivity index (χ0n) is 18.1. The first-order valence-corrected chi connectivity index (χ1v) is 12.6. The van der Waals surface area contributed by atoms with Crippen LogP contribution in [-0.2, 0) is 14.9 Å². The van der Waals surface area contributed by atoms with Crippen LogP contribution in [0.15, 0.2) is 24.5 Å². The number of hydrogen-bond donors (Lipinski definition) is 2. The number of halogens is 1. The summed E-state index contributed by atoms with van der Waals surface area (Å²) in [4.78, 5) is 26.6. The van der Waals surface area contributed by atoms with E-state index in [0.29, 0.717) is 45.1 Å². The van der Waals surface area contributed by atoms with Gasteiger partial charge in [0.25, 0.3) is 5.91 Å². The van der Waals surface area contributed by atoms with E-state index < -0.39 is 27.9 Å². The van der Waals surface area contributed by atoms with Gasteiger partial charge in [-0.1, -0.05) is 0 Å². The highest BCUT2D eigenvalue weighted by Gasteiger charge is 2.30. The van der Waals surface area contributed by atoms with Crippen molar-refractivity contribution in [2.45, 2.75) is 19.4 Å². The summed E-state index contributed by atoms with van der Waals surface area (Å²) in [7, 11) is -1.98. The van der Waals surface area contributed by atoms with Crippen molar-refractivity contribution in [3.05, 3.63) is 40.8 Å². The van der Waals surface area contributed by atoms with Gasteiger partial charge in [0.2, 0.25) is 10.0 Å². The molecule has 13 heteroatoms. The molecule has 1 aliphatic rings. The number of ether oxygens (including phenoxy) is 1. The summed E-state index contributed by atoms with van der Waals surface area (Å²) in [6.07, 6.45) is 2.58. The van der Waals surface area contributed by atoms with Gasteiger partial charge in [0.05, 0.1) is 35.9 Å². The number of nitrogens with zero attached hydrogens (tertiary/aromatic N) is 3. The number of hydrogen-bond acceptors (Lipinski definition) is 9. The molecule has 0 aliphatic carbocycles. The van der Waals surface area contributed by atoms with Gasteiger partial charge >= 0.3 is 0 Å². The lowest BCUT2D eigenvalue weighted by molar-refractivity contribution is 0.0541. The first-order valence-electron chi connectivity index (χ1n) is 9.93. The molecule has 1 aromatic carbocycles. The predicted molar refractivity (Wildman–Crippen MR) is 122 cm³/mol. The molecule has 3 aromatic rings. The number of sulfonamides is 1. The number of rotatable bonds is 7. The van der Waals surface area contributed by atoms with Crippen molar-refractivity contribution in [1.29, 1.82) is 0 Å². The molecule has 4 rings (SSSR count). The lowest BCUT2D eigenvalue weighted by atomic mass is 10.2. The first kappa shape index (κ1) is 23.3. The number of carbonyl (C=O) groups excluding carboxylic acids is 1. The standard InChI is InChI=1S/C20H22FN5O5S2/c1-11-16-18(22-10-23-20(16)32-17(11)19(27)25-30-2)24-14-5-4-12(21)8-15(14)31-13-6-7-26(9-13)33(3,28)29/h4-5,8,10,13H,6-7,9H2,1-3H3,(H,25,27)(H,22,23,24). The Balaban J connectivity index is 1.64. The van der Waals surface area contributed by atoms with Crippen LogP contribution in [0, 0.1) is 12.7 Å². The van der Waals surface area contributed by atoms with Crippen molar-refractivity contribution in [3.8, 4) is 5.75 Å². The maximum absolute atomic E-state index is 14.0. The van der Waals surface area contributed by atoms with Crippen molar-refractivity contribution in [3.63, 3.8) is 0 Å². The van der Waals surface area contributed by atoms with E-state index in [1.807, 2.05) is 0 Å². The number of carbonyl (C=O) groups is 1. The minimum absolute atomic E-state index is 0.189. The van der Waals surface area contributed by atoms with Crippen molar-refractivity contribution in [1.82, 2.24) is 19.8 Å². The van der Waals surface area contributed by atoms with E-state index in [0.717, 1.165) is 6.26 Å². The Labute approximate surface area is 193 Å². The molecular formula is C20H22FN5O5S2. The lowest BCUT2D eigenvalue weighted by Gasteiger charge is -2.18. The number of thiophene rings is 1. The Kier molecular flexibility index (Phi) is 6.47. The van der Waals surface area contributed by atoms with Gasteiger partial charge in [-0.25, -0.2) is 28.3 Å². The van der Waals surface area contributed by atoms with Crippen LogP contribution >= 0.6 is 11.3 Å². The zero-order valence-corrected chi connectivity index (χ0v) is 19.7. The molecule has 0 radical (unpaired) electrons. The molecule has 1 unspecified atom stereocenters. The second kappa shape index (κ2) is 9.17. The average Bonchev–Trinajstić information content (AvgIpc) is 3.35. The fourth-order valence-electron chi connectivity index (χ4n) is 3.62. The Morgan fingerprint density at radius 3 is 2.82 bits per heavy atom. The van der Waals surface area contributed by atoms with Gasteiger partial charge in [-0.05, 0) is 31.0 Å². The fraction of sp³-hybridized carbons (Fsp3) is 0.350. The Bertz CT molecular complexity index is 1310. The largest absolute Gasteiger partial charge is 0.487 e. The van der Waals surface area contributed by atoms with Crippen LogP contribution < -0.4 is 15.5 Å². The van der Waals surface area contributed by atoms with Crippen LogP contribution in [0.25, 0.3) is 10.2 Å². The van der Waals surface area contributed by atoms with Gasteiger partial charge < -0.3 is 10.1 Å². The molecule has 0 bridgehead atoms. The second-order valence-electron chi connectivity index (χ2n) is 7.51. The summed E-state index contributed by atoms with van der Waals surface area (Å²) in [5.41, 5.74) is 3.41. The van der Waals surface area contributed by atoms with Crippen molar-refractivity contribution >= 4 is 49.0 Å². The monoisotopic (exact) mass is 495 g/mol. The summed E-state index contributed by atoms with van der Waals surface area (Å²) in [6.45, 7) is 2.31. The van der Waals surface area contributed by atoms with E-state index in [1.165, 1.54) is 47.3 Å². The lowest BCUT2D eigenvalue weighted by Crippen LogP contribution is -2.30. The Morgan fingerprint density at radius 2 is 2.12 bits per heavy atom. The van der Waals surface area contributed by atoms with E-state index in [9.17, 15) is 17.6 Å². The topological polar surface area (TPSA) is 123 Å². The number of aryl methyl sites for hydroxylation is 1. The average molecular weight is 496 g/mol. The van der Waals surface area contributed by atoms with Gasteiger partial charge in [-0.2, -0.15) is 4.31 Å². The van der Waals surface area contributed by atoms with Crippen LogP contribution in [0.1, 0.15) is 21.7 Å². The number of hydroxylamine groups is 1. The molecular weight excluding hydrogens is 473 g/mol. The molecule has 1 aliphatic heterocycles. The maximum Gasteiger partial charge on any atom is 0.285 e. The first-order chi connectivity index (χ1) is 15.7.